The van der Waals surface area contributed by atoms with Crippen LogP contribution in [0.15, 0.2) is 72.9 Å². The lowest BCUT2D eigenvalue weighted by Gasteiger charge is -2.39. The highest BCUT2D eigenvalue weighted by molar-refractivity contribution is 6.00. The normalized spacial score (nSPS) is 17.3. The van der Waals surface area contributed by atoms with Crippen LogP contribution < -0.4 is 4.90 Å². The summed E-state index contributed by atoms with van der Waals surface area (Å²) in [5, 5.41) is 0. The predicted octanol–water partition coefficient (Wildman–Crippen LogP) is 4.56. The maximum atomic E-state index is 13.9. The molecule has 2 amide bonds. The topological polar surface area (TPSA) is 45.6 Å². The molecular formula is C26H27N3O2. The van der Waals surface area contributed by atoms with E-state index in [1.54, 1.807) is 4.90 Å². The van der Waals surface area contributed by atoms with Gasteiger partial charge in [0.1, 0.15) is 12.6 Å². The summed E-state index contributed by atoms with van der Waals surface area (Å²) < 4.78 is 2.16. The highest BCUT2D eigenvalue weighted by Crippen LogP contribution is 2.42. The van der Waals surface area contributed by atoms with Gasteiger partial charge in [-0.25, -0.2) is 0 Å². The van der Waals surface area contributed by atoms with E-state index in [9.17, 15) is 9.59 Å². The van der Waals surface area contributed by atoms with Gasteiger partial charge in [0.05, 0.1) is 17.1 Å². The number of carbonyl (C=O) groups is 2. The lowest BCUT2D eigenvalue weighted by atomic mass is 9.97. The van der Waals surface area contributed by atoms with Crippen LogP contribution in [0.2, 0.25) is 0 Å². The predicted molar refractivity (Wildman–Crippen MR) is 121 cm³/mol. The zero-order valence-electron chi connectivity index (χ0n) is 17.9. The van der Waals surface area contributed by atoms with E-state index >= 15 is 0 Å². The fraction of sp³-hybridized carbons (Fsp3) is 0.308. The molecule has 1 saturated carbocycles. The first kappa shape index (κ1) is 19.6. The van der Waals surface area contributed by atoms with Gasteiger partial charge in [0.15, 0.2) is 0 Å². The summed E-state index contributed by atoms with van der Waals surface area (Å²) in [6.07, 6.45) is 4.01. The van der Waals surface area contributed by atoms with Gasteiger partial charge in [0.25, 0.3) is 0 Å². The van der Waals surface area contributed by atoms with E-state index in [1.165, 1.54) is 0 Å². The molecule has 0 bridgehead atoms. The van der Waals surface area contributed by atoms with E-state index < -0.39 is 0 Å². The van der Waals surface area contributed by atoms with Crippen molar-refractivity contribution in [2.45, 2.75) is 38.8 Å². The Morgan fingerprint density at radius 1 is 0.935 bits per heavy atom. The van der Waals surface area contributed by atoms with Gasteiger partial charge in [0.2, 0.25) is 11.8 Å². The number of aromatic nitrogens is 1. The van der Waals surface area contributed by atoms with Gasteiger partial charge in [-0.3, -0.25) is 14.5 Å². The number of amides is 2. The third kappa shape index (κ3) is 3.44. The second-order valence-electron chi connectivity index (χ2n) is 8.72. The molecule has 1 fully saturated rings. The number of anilines is 1. The SMILES string of the molecule is CC(C)C(=O)N(CC(=O)N1c2ccccc2-n2cccc2C1c1ccccc1)C1CC1. The van der Waals surface area contributed by atoms with Crippen molar-refractivity contribution in [3.63, 3.8) is 0 Å². The van der Waals surface area contributed by atoms with E-state index in [1.807, 2.05) is 73.5 Å². The molecule has 158 valence electrons. The maximum absolute atomic E-state index is 13.9. The summed E-state index contributed by atoms with van der Waals surface area (Å²) in [5.74, 6) is -0.111. The Morgan fingerprint density at radius 3 is 2.29 bits per heavy atom. The van der Waals surface area contributed by atoms with Crippen LogP contribution in [0.4, 0.5) is 5.69 Å². The Hall–Kier alpha value is -3.34. The average molecular weight is 414 g/mol. The molecule has 1 aliphatic heterocycles. The highest BCUT2D eigenvalue weighted by atomic mass is 16.2. The number of carbonyl (C=O) groups excluding carboxylic acids is 2. The zero-order chi connectivity index (χ0) is 21.5. The molecule has 2 aromatic carbocycles. The molecule has 31 heavy (non-hydrogen) atoms. The second kappa shape index (κ2) is 7.73. The first-order chi connectivity index (χ1) is 15.1. The Balaban J connectivity index is 1.59. The van der Waals surface area contributed by atoms with Crippen LogP contribution in [-0.4, -0.2) is 33.9 Å². The van der Waals surface area contributed by atoms with E-state index in [4.69, 9.17) is 0 Å². The minimum Gasteiger partial charge on any atom is -0.330 e. The second-order valence-corrected chi connectivity index (χ2v) is 8.72. The van der Waals surface area contributed by atoms with Crippen molar-refractivity contribution in [3.8, 4) is 5.69 Å². The fourth-order valence-electron chi connectivity index (χ4n) is 4.54. The van der Waals surface area contributed by atoms with E-state index in [2.05, 4.69) is 22.8 Å². The molecular weight excluding hydrogens is 386 g/mol. The van der Waals surface area contributed by atoms with Crippen molar-refractivity contribution in [2.75, 3.05) is 11.4 Å². The van der Waals surface area contributed by atoms with Gasteiger partial charge < -0.3 is 9.47 Å². The molecule has 0 radical (unpaired) electrons. The largest absolute Gasteiger partial charge is 0.330 e. The third-order valence-electron chi connectivity index (χ3n) is 6.17. The van der Waals surface area contributed by atoms with Crippen molar-refractivity contribution >= 4 is 17.5 Å². The summed E-state index contributed by atoms with van der Waals surface area (Å²) in [6.45, 7) is 3.91. The standard InChI is InChI=1S/C26H27N3O2/c1-18(2)26(31)28(20-14-15-20)17-24(30)29-22-12-7-6-11-21(22)27-16-8-13-23(27)25(29)19-9-4-3-5-10-19/h3-13,16,18,20,25H,14-15,17H2,1-2H3. The lowest BCUT2D eigenvalue weighted by Crippen LogP contribution is -2.48. The van der Waals surface area contributed by atoms with Crippen molar-refractivity contribution < 1.29 is 9.59 Å². The molecule has 1 unspecified atom stereocenters. The minimum absolute atomic E-state index is 0.0466. The van der Waals surface area contributed by atoms with Crippen LogP contribution in [-0.2, 0) is 9.59 Å². The van der Waals surface area contributed by atoms with Gasteiger partial charge in [-0.2, -0.15) is 0 Å². The van der Waals surface area contributed by atoms with Gasteiger partial charge in [-0.15, -0.1) is 0 Å². The monoisotopic (exact) mass is 413 g/mol. The quantitative estimate of drug-likeness (QED) is 0.616. The van der Waals surface area contributed by atoms with Crippen LogP contribution in [0.25, 0.3) is 5.69 Å². The number of benzene rings is 2. The van der Waals surface area contributed by atoms with Crippen LogP contribution >= 0.6 is 0 Å². The van der Waals surface area contributed by atoms with Gasteiger partial charge >= 0.3 is 0 Å². The van der Waals surface area contributed by atoms with Crippen LogP contribution in [0.3, 0.4) is 0 Å². The van der Waals surface area contributed by atoms with E-state index in [0.29, 0.717) is 0 Å². The molecule has 3 aromatic rings. The molecule has 0 saturated heterocycles. The summed E-state index contributed by atoms with van der Waals surface area (Å²) in [6, 6.07) is 22.2. The molecule has 2 heterocycles. The van der Waals surface area contributed by atoms with Crippen molar-refractivity contribution in [2.24, 2.45) is 5.92 Å². The van der Waals surface area contributed by atoms with Crippen molar-refractivity contribution in [1.82, 2.24) is 9.47 Å². The molecule has 5 rings (SSSR count). The van der Waals surface area contributed by atoms with E-state index in [0.717, 1.165) is 35.5 Å². The van der Waals surface area contributed by atoms with Gasteiger partial charge in [-0.05, 0) is 42.7 Å². The molecule has 2 aliphatic rings. The van der Waals surface area contributed by atoms with Crippen LogP contribution in [0, 0.1) is 5.92 Å². The average Bonchev–Trinajstić information content (AvgIpc) is 3.51. The van der Waals surface area contributed by atoms with Gasteiger partial charge in [-0.1, -0.05) is 56.3 Å². The lowest BCUT2D eigenvalue weighted by molar-refractivity contribution is -0.138. The van der Waals surface area contributed by atoms with Crippen molar-refractivity contribution in [3.05, 3.63) is 84.2 Å². The fourth-order valence-corrected chi connectivity index (χ4v) is 4.54. The number of hydrogen-bond acceptors (Lipinski definition) is 2. The summed E-state index contributed by atoms with van der Waals surface area (Å²) in [7, 11) is 0. The number of para-hydroxylation sites is 2. The summed E-state index contributed by atoms with van der Waals surface area (Å²) >= 11 is 0. The molecule has 5 nitrogen and oxygen atoms in total. The smallest absolute Gasteiger partial charge is 0.247 e. The minimum atomic E-state index is -0.242. The van der Waals surface area contributed by atoms with Gasteiger partial charge in [0, 0.05) is 18.2 Å². The molecule has 5 heteroatoms. The number of nitrogens with zero attached hydrogens (tertiary/aromatic N) is 3. The molecule has 1 atom stereocenters. The number of fused-ring (bicyclic) bond motifs is 3. The first-order valence-corrected chi connectivity index (χ1v) is 11.0. The summed E-state index contributed by atoms with van der Waals surface area (Å²) in [4.78, 5) is 30.4. The Morgan fingerprint density at radius 2 is 1.61 bits per heavy atom. The zero-order valence-corrected chi connectivity index (χ0v) is 17.9. The Labute approximate surface area is 182 Å². The molecule has 0 spiro atoms. The van der Waals surface area contributed by atoms with Crippen LogP contribution in [0.5, 0.6) is 0 Å². The maximum Gasteiger partial charge on any atom is 0.247 e. The highest BCUT2D eigenvalue weighted by Gasteiger charge is 2.40. The van der Waals surface area contributed by atoms with Crippen molar-refractivity contribution in [1.29, 1.82) is 0 Å². The molecule has 1 aromatic heterocycles. The Bertz CT molecular complexity index is 1110. The van der Waals surface area contributed by atoms with E-state index in [-0.39, 0.29) is 36.4 Å². The third-order valence-corrected chi connectivity index (χ3v) is 6.17. The first-order valence-electron chi connectivity index (χ1n) is 11.0. The summed E-state index contributed by atoms with van der Waals surface area (Å²) in [5.41, 5.74) is 3.96. The molecule has 1 aliphatic carbocycles. The Kier molecular flexibility index (Phi) is 4.89. The van der Waals surface area contributed by atoms with Crippen LogP contribution in [0.1, 0.15) is 44.0 Å². The number of hydrogen-bond donors (Lipinski definition) is 0. The molecule has 0 N–H and O–H groups in total. The number of rotatable bonds is 5.